The minimum Gasteiger partial charge on any atom is -0.397 e. The molecule has 0 aliphatic heterocycles. The Morgan fingerprint density at radius 2 is 2.40 bits per heavy atom. The van der Waals surface area contributed by atoms with Crippen molar-refractivity contribution in [1.29, 1.82) is 5.41 Å². The predicted octanol–water partition coefficient (Wildman–Crippen LogP) is 1.71. The van der Waals surface area contributed by atoms with Gasteiger partial charge in [0.1, 0.15) is 0 Å². The van der Waals surface area contributed by atoms with Crippen LogP contribution in [0.4, 0.5) is 5.69 Å². The zero-order valence-electron chi connectivity index (χ0n) is 7.97. The molecule has 3 N–H and O–H groups in total. The summed E-state index contributed by atoms with van der Waals surface area (Å²) >= 11 is 1.66. The van der Waals surface area contributed by atoms with Crippen molar-refractivity contribution >= 4 is 23.2 Å². The molecule has 0 saturated carbocycles. The van der Waals surface area contributed by atoms with E-state index in [0.29, 0.717) is 17.7 Å². The fourth-order valence-corrected chi connectivity index (χ4v) is 1.98. The topological polar surface area (TPSA) is 75.7 Å². The van der Waals surface area contributed by atoms with Gasteiger partial charge in [-0.25, -0.2) is 0 Å². The van der Waals surface area contributed by atoms with Crippen LogP contribution in [-0.4, -0.2) is 16.4 Å². The summed E-state index contributed by atoms with van der Waals surface area (Å²) in [6.07, 6.45) is 3.38. The van der Waals surface area contributed by atoms with Gasteiger partial charge in [0.2, 0.25) is 0 Å². The van der Waals surface area contributed by atoms with Crippen LogP contribution >= 0.6 is 11.3 Å². The molecule has 0 bridgehead atoms. The van der Waals surface area contributed by atoms with Gasteiger partial charge >= 0.3 is 0 Å². The van der Waals surface area contributed by atoms with Crippen molar-refractivity contribution < 1.29 is 0 Å². The number of nitrogens with two attached hydrogens (primary N) is 1. The van der Waals surface area contributed by atoms with E-state index in [4.69, 9.17) is 11.1 Å². The summed E-state index contributed by atoms with van der Waals surface area (Å²) in [4.78, 5) is 1.19. The van der Waals surface area contributed by atoms with Crippen molar-refractivity contribution in [1.82, 2.24) is 10.2 Å². The van der Waals surface area contributed by atoms with Gasteiger partial charge in [-0.15, -0.1) is 11.3 Å². The van der Waals surface area contributed by atoms with Crippen LogP contribution in [0, 0.1) is 5.41 Å². The summed E-state index contributed by atoms with van der Waals surface area (Å²) in [7, 11) is 0. The third-order valence-electron chi connectivity index (χ3n) is 2.07. The highest BCUT2D eigenvalue weighted by molar-refractivity contribution is 7.09. The highest BCUT2D eigenvalue weighted by atomic mass is 32.1. The lowest BCUT2D eigenvalue weighted by molar-refractivity contribution is 0.946. The van der Waals surface area contributed by atoms with Gasteiger partial charge in [-0.1, -0.05) is 6.07 Å². The maximum absolute atomic E-state index is 7.16. The Morgan fingerprint density at radius 1 is 1.53 bits per heavy atom. The Kier molecular flexibility index (Phi) is 2.73. The first-order chi connectivity index (χ1) is 7.31. The molecule has 15 heavy (non-hydrogen) atoms. The van der Waals surface area contributed by atoms with Crippen molar-refractivity contribution in [3.63, 3.8) is 0 Å². The number of nitrogen functional groups attached to an aromatic ring is 1. The van der Waals surface area contributed by atoms with Gasteiger partial charge in [-0.3, -0.25) is 0 Å². The molecule has 0 saturated heterocycles. The average molecular weight is 218 g/mol. The zero-order chi connectivity index (χ0) is 10.7. The van der Waals surface area contributed by atoms with E-state index in [1.54, 1.807) is 11.3 Å². The minimum atomic E-state index is 0.549. The Labute approximate surface area is 91.3 Å². The number of nitrogens with zero attached hydrogens (tertiary/aromatic N) is 2. The van der Waals surface area contributed by atoms with Crippen molar-refractivity contribution in [2.75, 3.05) is 5.73 Å². The van der Waals surface area contributed by atoms with Crippen LogP contribution in [0.2, 0.25) is 0 Å². The summed E-state index contributed by atoms with van der Waals surface area (Å²) in [6, 6.07) is 4.02. The summed E-state index contributed by atoms with van der Waals surface area (Å²) in [5.74, 6) is 0. The normalized spacial score (nSPS) is 10.1. The fraction of sp³-hybridized carbons (Fsp3) is 0.100. The molecule has 4 nitrogen and oxygen atoms in total. The molecule has 0 fully saturated rings. The van der Waals surface area contributed by atoms with E-state index in [-0.39, 0.29) is 0 Å². The van der Waals surface area contributed by atoms with E-state index in [2.05, 4.69) is 10.2 Å². The van der Waals surface area contributed by atoms with Gasteiger partial charge in [-0.2, -0.15) is 10.2 Å². The van der Waals surface area contributed by atoms with Crippen LogP contribution in [0.1, 0.15) is 16.1 Å². The van der Waals surface area contributed by atoms with E-state index in [0.717, 1.165) is 5.69 Å². The molecule has 0 aliphatic rings. The fourth-order valence-electron chi connectivity index (χ4n) is 1.27. The van der Waals surface area contributed by atoms with Gasteiger partial charge in [0, 0.05) is 23.1 Å². The first-order valence-corrected chi connectivity index (χ1v) is 5.32. The monoisotopic (exact) mass is 218 g/mol. The molecule has 0 aliphatic carbocycles. The van der Waals surface area contributed by atoms with Crippen molar-refractivity contribution in [2.24, 2.45) is 0 Å². The van der Waals surface area contributed by atoms with Crippen LogP contribution in [-0.2, 0) is 6.42 Å². The van der Waals surface area contributed by atoms with Crippen LogP contribution in [0.15, 0.2) is 23.7 Å². The molecule has 0 aromatic carbocycles. The largest absolute Gasteiger partial charge is 0.397 e. The van der Waals surface area contributed by atoms with Crippen LogP contribution in [0.5, 0.6) is 0 Å². The SMILES string of the molecule is N=Cc1cnnc(Cc2cccs2)c1N. The maximum atomic E-state index is 7.16. The third kappa shape index (κ3) is 2.02. The van der Waals surface area contributed by atoms with Gasteiger partial charge in [0.25, 0.3) is 0 Å². The molecule has 2 heterocycles. The minimum absolute atomic E-state index is 0.549. The number of hydrogen-bond donors (Lipinski definition) is 2. The maximum Gasteiger partial charge on any atom is 0.0918 e. The molecular formula is C10H10N4S. The smallest absolute Gasteiger partial charge is 0.0918 e. The Morgan fingerprint density at radius 3 is 3.07 bits per heavy atom. The molecule has 0 radical (unpaired) electrons. The van der Waals surface area contributed by atoms with Crippen molar-refractivity contribution in [3.8, 4) is 0 Å². The zero-order valence-corrected chi connectivity index (χ0v) is 8.79. The molecule has 5 heteroatoms. The lowest BCUT2D eigenvalue weighted by atomic mass is 10.1. The summed E-state index contributed by atoms with van der Waals surface area (Å²) < 4.78 is 0. The molecule has 2 rings (SSSR count). The second-order valence-corrected chi connectivity index (χ2v) is 4.09. The number of nitrogens with one attached hydrogen (secondary N) is 1. The lowest BCUT2D eigenvalue weighted by Crippen LogP contribution is -2.04. The average Bonchev–Trinajstić information content (AvgIpc) is 2.74. The second-order valence-electron chi connectivity index (χ2n) is 3.06. The van der Waals surface area contributed by atoms with Gasteiger partial charge in [0.05, 0.1) is 17.6 Å². The second kappa shape index (κ2) is 4.18. The van der Waals surface area contributed by atoms with E-state index < -0.39 is 0 Å². The molecule has 2 aromatic rings. The van der Waals surface area contributed by atoms with Gasteiger partial charge in [0.15, 0.2) is 0 Å². The van der Waals surface area contributed by atoms with E-state index in [1.165, 1.54) is 17.3 Å². The molecule has 0 spiro atoms. The highest BCUT2D eigenvalue weighted by Crippen LogP contribution is 2.18. The molecule has 0 unspecified atom stereocenters. The van der Waals surface area contributed by atoms with Crippen LogP contribution < -0.4 is 5.73 Å². The number of rotatable bonds is 3. The molecule has 0 amide bonds. The number of aromatic nitrogens is 2. The standard InChI is InChI=1S/C10H10N4S/c11-5-7-6-13-14-9(10(7)12)4-8-2-1-3-15-8/h1-3,5-6,11H,4H2,(H2,12,13). The van der Waals surface area contributed by atoms with Crippen molar-refractivity contribution in [2.45, 2.75) is 6.42 Å². The van der Waals surface area contributed by atoms with E-state index in [1.807, 2.05) is 17.5 Å². The Hall–Kier alpha value is -1.75. The summed E-state index contributed by atoms with van der Waals surface area (Å²) in [5.41, 5.74) is 7.77. The molecular weight excluding hydrogens is 208 g/mol. The summed E-state index contributed by atoms with van der Waals surface area (Å²) in [6.45, 7) is 0. The molecule has 76 valence electrons. The highest BCUT2D eigenvalue weighted by Gasteiger charge is 2.07. The number of anilines is 1. The van der Waals surface area contributed by atoms with Crippen LogP contribution in [0.3, 0.4) is 0 Å². The van der Waals surface area contributed by atoms with Gasteiger partial charge in [-0.05, 0) is 11.4 Å². The Bertz CT molecular complexity index is 464. The quantitative estimate of drug-likeness (QED) is 0.770. The van der Waals surface area contributed by atoms with Gasteiger partial charge < -0.3 is 11.1 Å². The first kappa shape index (κ1) is 9.79. The molecule has 2 aromatic heterocycles. The summed E-state index contributed by atoms with van der Waals surface area (Å²) in [5, 5.41) is 17.0. The molecule has 0 atom stereocenters. The van der Waals surface area contributed by atoms with E-state index in [9.17, 15) is 0 Å². The first-order valence-electron chi connectivity index (χ1n) is 4.44. The number of thiophene rings is 1. The number of hydrogen-bond acceptors (Lipinski definition) is 5. The predicted molar refractivity (Wildman–Crippen MR) is 61.5 cm³/mol. The van der Waals surface area contributed by atoms with Crippen LogP contribution in [0.25, 0.3) is 0 Å². The Balaban J connectivity index is 2.33. The third-order valence-corrected chi connectivity index (χ3v) is 2.95. The lowest BCUT2D eigenvalue weighted by Gasteiger charge is -2.04. The van der Waals surface area contributed by atoms with Crippen molar-refractivity contribution in [3.05, 3.63) is 39.8 Å². The van der Waals surface area contributed by atoms with E-state index >= 15 is 0 Å².